The topological polar surface area (TPSA) is 64.9 Å². The lowest BCUT2D eigenvalue weighted by Crippen LogP contribution is -2.34. The number of rotatable bonds is 4. The summed E-state index contributed by atoms with van der Waals surface area (Å²) in [6.45, 7) is 9.00. The van der Waals surface area contributed by atoms with Gasteiger partial charge in [-0.2, -0.15) is 0 Å². The second-order valence-corrected chi connectivity index (χ2v) is 8.37. The largest absolute Gasteiger partial charge is 0.424 e. The van der Waals surface area contributed by atoms with E-state index >= 15 is 0 Å². The molecule has 0 spiro atoms. The fourth-order valence-corrected chi connectivity index (χ4v) is 4.57. The molecule has 1 aromatic heterocycles. The molecule has 1 aliphatic rings. The van der Waals surface area contributed by atoms with Gasteiger partial charge in [0.1, 0.15) is 5.41 Å². The van der Waals surface area contributed by atoms with Crippen molar-refractivity contribution in [2.45, 2.75) is 58.3 Å². The molecule has 0 radical (unpaired) electrons. The first kappa shape index (κ1) is 18.9. The molecule has 0 bridgehead atoms. The van der Waals surface area contributed by atoms with Gasteiger partial charge in [0.2, 0.25) is 11.8 Å². The zero-order chi connectivity index (χ0) is 19.9. The number of nitrogens with two attached hydrogens (primary N) is 1. The van der Waals surface area contributed by atoms with E-state index in [9.17, 15) is 0 Å². The molecule has 28 heavy (non-hydrogen) atoms. The summed E-state index contributed by atoms with van der Waals surface area (Å²) in [5.74, 6) is 1.54. The van der Waals surface area contributed by atoms with Gasteiger partial charge in [-0.3, -0.25) is 0 Å². The molecule has 2 N–H and O–H groups in total. The summed E-state index contributed by atoms with van der Waals surface area (Å²) >= 11 is 0. The monoisotopic (exact) mass is 375 g/mol. The van der Waals surface area contributed by atoms with Crippen LogP contribution in [0, 0.1) is 13.8 Å². The molecule has 1 heterocycles. The molecule has 1 aliphatic carbocycles. The van der Waals surface area contributed by atoms with E-state index in [1.54, 1.807) is 0 Å². The van der Waals surface area contributed by atoms with Crippen LogP contribution in [0.1, 0.15) is 71.3 Å². The van der Waals surface area contributed by atoms with Crippen LogP contribution >= 0.6 is 0 Å². The van der Waals surface area contributed by atoms with Crippen LogP contribution in [0.3, 0.4) is 0 Å². The summed E-state index contributed by atoms with van der Waals surface area (Å²) in [7, 11) is 0. The van der Waals surface area contributed by atoms with Crippen LogP contribution in [-0.4, -0.2) is 16.7 Å². The number of aryl methyl sites for hydroxylation is 4. The molecule has 146 valence electrons. The summed E-state index contributed by atoms with van der Waals surface area (Å²) in [5, 5.41) is 8.94. The maximum atomic E-state index is 6.29. The predicted molar refractivity (Wildman–Crippen MR) is 112 cm³/mol. The minimum Gasteiger partial charge on any atom is -0.424 e. The molecule has 2 aromatic carbocycles. The van der Waals surface area contributed by atoms with Crippen LogP contribution < -0.4 is 5.73 Å². The predicted octanol–water partition coefficient (Wildman–Crippen LogP) is 4.59. The Morgan fingerprint density at radius 1 is 0.964 bits per heavy atom. The zero-order valence-electron chi connectivity index (χ0n) is 17.2. The lowest BCUT2D eigenvalue weighted by atomic mass is 9.69. The van der Waals surface area contributed by atoms with E-state index in [1.165, 1.54) is 33.4 Å². The van der Waals surface area contributed by atoms with Crippen molar-refractivity contribution in [3.63, 3.8) is 0 Å². The van der Waals surface area contributed by atoms with E-state index in [2.05, 4.69) is 74.3 Å². The maximum absolute atomic E-state index is 6.29. The highest BCUT2D eigenvalue weighted by molar-refractivity contribution is 5.55. The maximum Gasteiger partial charge on any atom is 0.231 e. The Labute approximate surface area is 167 Å². The number of hydrogen-bond donors (Lipinski definition) is 1. The molecule has 4 heteroatoms. The second-order valence-electron chi connectivity index (χ2n) is 8.37. The third-order valence-corrected chi connectivity index (χ3v) is 5.92. The van der Waals surface area contributed by atoms with Crippen molar-refractivity contribution < 1.29 is 4.42 Å². The van der Waals surface area contributed by atoms with Crippen molar-refractivity contribution in [3.05, 3.63) is 81.6 Å². The van der Waals surface area contributed by atoms with Crippen molar-refractivity contribution in [2.75, 3.05) is 6.54 Å². The lowest BCUT2D eigenvalue weighted by molar-refractivity contribution is 0.367. The molecule has 0 fully saturated rings. The highest BCUT2D eigenvalue weighted by atomic mass is 16.4. The van der Waals surface area contributed by atoms with E-state index in [1.807, 2.05) is 0 Å². The fourth-order valence-electron chi connectivity index (χ4n) is 4.57. The van der Waals surface area contributed by atoms with Gasteiger partial charge in [0, 0.05) is 5.92 Å². The molecule has 0 atom stereocenters. The Hall–Kier alpha value is -2.46. The van der Waals surface area contributed by atoms with Crippen LogP contribution in [0.15, 0.2) is 40.8 Å². The Bertz CT molecular complexity index is 949. The normalized spacial score (nSPS) is 15.2. The molecule has 0 saturated heterocycles. The van der Waals surface area contributed by atoms with Crippen molar-refractivity contribution >= 4 is 0 Å². The molecular formula is C24H29N3O. The fraction of sp³-hybridized carbons (Fsp3) is 0.417. The first-order valence-corrected chi connectivity index (χ1v) is 10.2. The standard InChI is InChI=1S/C24H29N3O/c1-15(2)22-26-27-23(28-22)24(11-12-25)20-9-5-16(3)13-18(20)7-8-19-14-17(4)6-10-21(19)24/h5-6,9-10,13-15H,7-8,11-12,25H2,1-4H3. The summed E-state index contributed by atoms with van der Waals surface area (Å²) < 4.78 is 6.29. The van der Waals surface area contributed by atoms with Gasteiger partial charge in [-0.1, -0.05) is 61.4 Å². The Kier molecular flexibility index (Phi) is 4.84. The highest BCUT2D eigenvalue weighted by Gasteiger charge is 2.45. The van der Waals surface area contributed by atoms with Gasteiger partial charge in [-0.05, 0) is 61.9 Å². The van der Waals surface area contributed by atoms with Gasteiger partial charge >= 0.3 is 0 Å². The van der Waals surface area contributed by atoms with Crippen LogP contribution in [0.2, 0.25) is 0 Å². The van der Waals surface area contributed by atoms with Crippen molar-refractivity contribution in [1.82, 2.24) is 10.2 Å². The zero-order valence-corrected chi connectivity index (χ0v) is 17.2. The molecule has 4 rings (SSSR count). The van der Waals surface area contributed by atoms with E-state index in [0.29, 0.717) is 18.3 Å². The Morgan fingerprint density at radius 3 is 2.00 bits per heavy atom. The quantitative estimate of drug-likeness (QED) is 0.724. The smallest absolute Gasteiger partial charge is 0.231 e. The minimum atomic E-state index is -0.503. The average Bonchev–Trinajstić information content (AvgIpc) is 3.12. The van der Waals surface area contributed by atoms with Gasteiger partial charge in [0.05, 0.1) is 0 Å². The Balaban J connectivity index is 2.07. The van der Waals surface area contributed by atoms with E-state index in [4.69, 9.17) is 10.2 Å². The molecule has 0 aliphatic heterocycles. The third-order valence-electron chi connectivity index (χ3n) is 5.92. The number of benzene rings is 2. The second kappa shape index (κ2) is 7.17. The van der Waals surface area contributed by atoms with Gasteiger partial charge in [-0.15, -0.1) is 10.2 Å². The van der Waals surface area contributed by atoms with Crippen LogP contribution in [0.25, 0.3) is 0 Å². The van der Waals surface area contributed by atoms with Gasteiger partial charge < -0.3 is 10.2 Å². The number of fused-ring (bicyclic) bond motifs is 2. The molecule has 4 nitrogen and oxygen atoms in total. The minimum absolute atomic E-state index is 0.192. The summed E-state index contributed by atoms with van der Waals surface area (Å²) in [5.41, 5.74) is 13.4. The average molecular weight is 376 g/mol. The van der Waals surface area contributed by atoms with Gasteiger partial charge in [0.15, 0.2) is 0 Å². The molecule has 0 saturated carbocycles. The molecule has 3 aromatic rings. The van der Waals surface area contributed by atoms with E-state index in [0.717, 1.165) is 19.3 Å². The summed E-state index contributed by atoms with van der Waals surface area (Å²) in [6, 6.07) is 13.5. The molecular weight excluding hydrogens is 346 g/mol. The van der Waals surface area contributed by atoms with E-state index in [-0.39, 0.29) is 5.92 Å². The van der Waals surface area contributed by atoms with Crippen molar-refractivity contribution in [3.8, 4) is 0 Å². The number of nitrogens with zero attached hydrogens (tertiary/aromatic N) is 2. The SMILES string of the molecule is Cc1ccc2c(c1)CCc1cc(C)ccc1C2(CCN)c1nnc(C(C)C)o1. The summed E-state index contributed by atoms with van der Waals surface area (Å²) in [6.07, 6.45) is 2.74. The van der Waals surface area contributed by atoms with Crippen molar-refractivity contribution in [2.24, 2.45) is 5.73 Å². The van der Waals surface area contributed by atoms with Crippen LogP contribution in [-0.2, 0) is 18.3 Å². The first-order chi connectivity index (χ1) is 13.5. The molecule has 0 unspecified atom stereocenters. The lowest BCUT2D eigenvalue weighted by Gasteiger charge is -2.33. The molecule has 0 amide bonds. The number of hydrogen-bond acceptors (Lipinski definition) is 4. The van der Waals surface area contributed by atoms with Crippen LogP contribution in [0.5, 0.6) is 0 Å². The number of aromatic nitrogens is 2. The van der Waals surface area contributed by atoms with Crippen molar-refractivity contribution in [1.29, 1.82) is 0 Å². The third kappa shape index (κ3) is 2.96. The van der Waals surface area contributed by atoms with Gasteiger partial charge in [0.25, 0.3) is 0 Å². The summed E-state index contributed by atoms with van der Waals surface area (Å²) in [4.78, 5) is 0. The van der Waals surface area contributed by atoms with Crippen LogP contribution in [0.4, 0.5) is 0 Å². The first-order valence-electron chi connectivity index (χ1n) is 10.2. The van der Waals surface area contributed by atoms with E-state index < -0.39 is 5.41 Å². The Morgan fingerprint density at radius 2 is 1.54 bits per heavy atom. The highest BCUT2D eigenvalue weighted by Crippen LogP contribution is 2.47. The van der Waals surface area contributed by atoms with Gasteiger partial charge in [-0.25, -0.2) is 0 Å².